The fourth-order valence-corrected chi connectivity index (χ4v) is 1.99. The van der Waals surface area contributed by atoms with E-state index in [0.29, 0.717) is 17.2 Å². The topological polar surface area (TPSA) is 56.8 Å². The van der Waals surface area contributed by atoms with Crippen molar-refractivity contribution in [1.29, 1.82) is 10.5 Å². The van der Waals surface area contributed by atoms with Crippen molar-refractivity contribution in [3.05, 3.63) is 65.2 Å². The number of hydrogen-bond donors (Lipinski definition) is 0. The number of hydrogen-bond acceptors (Lipinski definition) is 3. The summed E-state index contributed by atoms with van der Waals surface area (Å²) in [6, 6.07) is 18.9. The fraction of sp³-hybridized carbons (Fsp3) is 0.158. The predicted molar refractivity (Wildman–Crippen MR) is 86.3 cm³/mol. The minimum Gasteiger partial charge on any atom is -0.457 e. The predicted octanol–water partition coefficient (Wildman–Crippen LogP) is 5.03. The van der Waals surface area contributed by atoms with Gasteiger partial charge in [-0.25, -0.2) is 0 Å². The Bertz CT molecular complexity index is 743. The minimum atomic E-state index is 0.0474. The molecule has 0 spiro atoms. The van der Waals surface area contributed by atoms with Gasteiger partial charge >= 0.3 is 0 Å². The molecule has 0 saturated carbocycles. The number of ether oxygens (including phenoxy) is 1. The van der Waals surface area contributed by atoms with Gasteiger partial charge in [0.25, 0.3) is 0 Å². The van der Waals surface area contributed by atoms with E-state index in [9.17, 15) is 0 Å². The molecule has 0 bridgehead atoms. The van der Waals surface area contributed by atoms with Crippen molar-refractivity contribution < 1.29 is 4.74 Å². The highest BCUT2D eigenvalue weighted by Crippen LogP contribution is 2.28. The molecule has 3 nitrogen and oxygen atoms in total. The quantitative estimate of drug-likeness (QED) is 0.741. The molecular formula is C19H16N2O. The van der Waals surface area contributed by atoms with Crippen LogP contribution in [-0.4, -0.2) is 0 Å². The number of para-hydroxylation sites is 1. The van der Waals surface area contributed by atoms with Gasteiger partial charge in [0.15, 0.2) is 0 Å². The van der Waals surface area contributed by atoms with Crippen LogP contribution in [0.2, 0.25) is 0 Å². The second-order valence-electron chi connectivity index (χ2n) is 5.15. The molecule has 108 valence electrons. The first kappa shape index (κ1) is 15.4. The van der Waals surface area contributed by atoms with E-state index in [4.69, 9.17) is 15.3 Å². The van der Waals surface area contributed by atoms with Crippen LogP contribution in [0.3, 0.4) is 0 Å². The zero-order chi connectivity index (χ0) is 15.9. The second-order valence-corrected chi connectivity index (χ2v) is 5.15. The van der Waals surface area contributed by atoms with Crippen molar-refractivity contribution >= 4 is 6.08 Å². The van der Waals surface area contributed by atoms with Gasteiger partial charge in [0, 0.05) is 5.56 Å². The summed E-state index contributed by atoms with van der Waals surface area (Å²) in [5.41, 5.74) is 2.00. The van der Waals surface area contributed by atoms with Crippen molar-refractivity contribution in [2.45, 2.75) is 19.8 Å². The second kappa shape index (κ2) is 7.11. The van der Waals surface area contributed by atoms with E-state index in [-0.39, 0.29) is 5.57 Å². The van der Waals surface area contributed by atoms with Crippen molar-refractivity contribution in [3.8, 4) is 23.6 Å². The van der Waals surface area contributed by atoms with Crippen LogP contribution < -0.4 is 4.74 Å². The van der Waals surface area contributed by atoms with E-state index in [1.165, 1.54) is 11.6 Å². The van der Waals surface area contributed by atoms with Gasteiger partial charge < -0.3 is 4.74 Å². The normalized spacial score (nSPS) is 9.68. The molecule has 0 aliphatic rings. The number of allylic oxidation sites excluding steroid dienone is 1. The first-order valence-corrected chi connectivity index (χ1v) is 7.02. The van der Waals surface area contributed by atoms with E-state index < -0.39 is 0 Å². The van der Waals surface area contributed by atoms with Crippen LogP contribution in [0.1, 0.15) is 30.9 Å². The Labute approximate surface area is 130 Å². The molecule has 3 heteroatoms. The van der Waals surface area contributed by atoms with Gasteiger partial charge in [-0.2, -0.15) is 10.5 Å². The average Bonchev–Trinajstić information content (AvgIpc) is 2.54. The Morgan fingerprint density at radius 3 is 2.23 bits per heavy atom. The first-order chi connectivity index (χ1) is 10.6. The van der Waals surface area contributed by atoms with Crippen LogP contribution >= 0.6 is 0 Å². The third-order valence-corrected chi connectivity index (χ3v) is 3.23. The molecule has 0 N–H and O–H groups in total. The maximum Gasteiger partial charge on any atom is 0.134 e. The molecule has 0 heterocycles. The highest BCUT2D eigenvalue weighted by Gasteiger charge is 2.05. The summed E-state index contributed by atoms with van der Waals surface area (Å²) in [6.45, 7) is 4.28. The highest BCUT2D eigenvalue weighted by molar-refractivity contribution is 5.66. The van der Waals surface area contributed by atoms with Gasteiger partial charge in [-0.3, -0.25) is 0 Å². The molecule has 0 radical (unpaired) electrons. The van der Waals surface area contributed by atoms with Crippen LogP contribution in [0, 0.1) is 22.7 Å². The molecule has 0 atom stereocenters. The SMILES string of the molecule is CC(C)c1ccc(Oc2ccccc2C=C(C#N)C#N)cc1. The van der Waals surface area contributed by atoms with Crippen LogP contribution in [0.4, 0.5) is 0 Å². The maximum atomic E-state index is 8.87. The summed E-state index contributed by atoms with van der Waals surface area (Å²) in [6.07, 6.45) is 1.53. The summed E-state index contributed by atoms with van der Waals surface area (Å²) in [7, 11) is 0. The van der Waals surface area contributed by atoms with E-state index in [1.807, 2.05) is 60.7 Å². The molecule has 0 aliphatic carbocycles. The molecule has 0 saturated heterocycles. The van der Waals surface area contributed by atoms with E-state index in [0.717, 1.165) is 5.75 Å². The van der Waals surface area contributed by atoms with Gasteiger partial charge in [-0.1, -0.05) is 44.2 Å². The monoisotopic (exact) mass is 288 g/mol. The van der Waals surface area contributed by atoms with Crippen molar-refractivity contribution in [3.63, 3.8) is 0 Å². The fourth-order valence-electron chi connectivity index (χ4n) is 1.99. The van der Waals surface area contributed by atoms with Crippen LogP contribution in [0.25, 0.3) is 6.08 Å². The van der Waals surface area contributed by atoms with E-state index in [1.54, 1.807) is 0 Å². The van der Waals surface area contributed by atoms with Crippen LogP contribution in [-0.2, 0) is 0 Å². The van der Waals surface area contributed by atoms with Crippen molar-refractivity contribution in [2.75, 3.05) is 0 Å². The summed E-state index contributed by atoms with van der Waals surface area (Å²) >= 11 is 0. The summed E-state index contributed by atoms with van der Waals surface area (Å²) in [5, 5.41) is 17.7. The number of nitriles is 2. The Balaban J connectivity index is 2.29. The smallest absolute Gasteiger partial charge is 0.134 e. The average molecular weight is 288 g/mol. The van der Waals surface area contributed by atoms with E-state index >= 15 is 0 Å². The maximum absolute atomic E-state index is 8.87. The Kier molecular flexibility index (Phi) is 4.96. The van der Waals surface area contributed by atoms with Crippen LogP contribution in [0.15, 0.2) is 54.1 Å². The van der Waals surface area contributed by atoms with Gasteiger partial charge in [0.05, 0.1) is 0 Å². The lowest BCUT2D eigenvalue weighted by molar-refractivity contribution is 0.481. The highest BCUT2D eigenvalue weighted by atomic mass is 16.5. The molecular weight excluding hydrogens is 272 g/mol. The lowest BCUT2D eigenvalue weighted by atomic mass is 10.0. The number of benzene rings is 2. The molecule has 2 aromatic carbocycles. The van der Waals surface area contributed by atoms with Gasteiger partial charge in [-0.15, -0.1) is 0 Å². The molecule has 2 rings (SSSR count). The molecule has 0 aliphatic heterocycles. The number of nitrogens with zero attached hydrogens (tertiary/aromatic N) is 2. The van der Waals surface area contributed by atoms with Crippen molar-refractivity contribution in [1.82, 2.24) is 0 Å². The molecule has 2 aromatic rings. The van der Waals surface area contributed by atoms with Crippen LogP contribution in [0.5, 0.6) is 11.5 Å². The zero-order valence-corrected chi connectivity index (χ0v) is 12.6. The lowest BCUT2D eigenvalue weighted by Crippen LogP contribution is -1.90. The molecule has 0 fully saturated rings. The molecule has 22 heavy (non-hydrogen) atoms. The van der Waals surface area contributed by atoms with Gasteiger partial charge in [0.2, 0.25) is 0 Å². The van der Waals surface area contributed by atoms with Gasteiger partial charge in [-0.05, 0) is 35.8 Å². The minimum absolute atomic E-state index is 0.0474. The van der Waals surface area contributed by atoms with Gasteiger partial charge in [0.1, 0.15) is 29.2 Å². The Hall–Kier alpha value is -3.04. The van der Waals surface area contributed by atoms with E-state index in [2.05, 4.69) is 13.8 Å². The lowest BCUT2D eigenvalue weighted by Gasteiger charge is -2.10. The first-order valence-electron chi connectivity index (χ1n) is 7.02. The Morgan fingerprint density at radius 2 is 1.64 bits per heavy atom. The Morgan fingerprint density at radius 1 is 1.00 bits per heavy atom. The molecule has 0 amide bonds. The largest absolute Gasteiger partial charge is 0.457 e. The summed E-state index contributed by atoms with van der Waals surface area (Å²) in [4.78, 5) is 0. The molecule has 0 unspecified atom stereocenters. The molecule has 0 aromatic heterocycles. The summed E-state index contributed by atoms with van der Waals surface area (Å²) < 4.78 is 5.87. The third-order valence-electron chi connectivity index (χ3n) is 3.23. The third kappa shape index (κ3) is 3.75. The van der Waals surface area contributed by atoms with Crippen molar-refractivity contribution in [2.24, 2.45) is 0 Å². The summed E-state index contributed by atoms with van der Waals surface area (Å²) in [5.74, 6) is 1.81. The standard InChI is InChI=1S/C19H16N2O/c1-14(2)16-7-9-18(10-8-16)22-19-6-4-3-5-17(19)11-15(12-20)13-21/h3-11,14H,1-2H3. The zero-order valence-electron chi connectivity index (χ0n) is 12.6. The number of rotatable bonds is 4.